The van der Waals surface area contributed by atoms with Crippen LogP contribution in [-0.2, 0) is 6.42 Å². The summed E-state index contributed by atoms with van der Waals surface area (Å²) in [7, 11) is 0. The molecule has 0 aromatic heterocycles. The monoisotopic (exact) mass is 340 g/mol. The highest BCUT2D eigenvalue weighted by Gasteiger charge is 2.15. The molecule has 0 bridgehead atoms. The van der Waals surface area contributed by atoms with Gasteiger partial charge in [0.15, 0.2) is 11.5 Å². The molecule has 0 saturated carbocycles. The highest BCUT2D eigenvalue weighted by atomic mass is 79.9. The van der Waals surface area contributed by atoms with E-state index in [0.29, 0.717) is 0 Å². The first-order valence-corrected chi connectivity index (χ1v) is 8.13. The molecule has 20 heavy (non-hydrogen) atoms. The van der Waals surface area contributed by atoms with E-state index in [9.17, 15) is 0 Å². The van der Waals surface area contributed by atoms with Gasteiger partial charge in [0, 0.05) is 43.6 Å². The molecule has 4 nitrogen and oxygen atoms in total. The lowest BCUT2D eigenvalue weighted by molar-refractivity contribution is 0.243. The van der Waals surface area contributed by atoms with E-state index in [4.69, 9.17) is 9.47 Å². The van der Waals surface area contributed by atoms with E-state index in [0.717, 1.165) is 74.8 Å². The topological polar surface area (TPSA) is 33.7 Å². The Hall–Kier alpha value is -0.780. The summed E-state index contributed by atoms with van der Waals surface area (Å²) >= 11 is 3.66. The van der Waals surface area contributed by atoms with E-state index in [1.165, 1.54) is 5.56 Å². The molecular formula is C15H21BrN2O2. The molecule has 2 heterocycles. The van der Waals surface area contributed by atoms with Crippen LogP contribution in [-0.4, -0.2) is 50.8 Å². The molecule has 3 rings (SSSR count). The van der Waals surface area contributed by atoms with Crippen molar-refractivity contribution in [3.05, 3.63) is 22.2 Å². The van der Waals surface area contributed by atoms with E-state index in [1.54, 1.807) is 0 Å². The summed E-state index contributed by atoms with van der Waals surface area (Å²) in [5.74, 6) is 1.75. The predicted molar refractivity (Wildman–Crippen MR) is 82.8 cm³/mol. The van der Waals surface area contributed by atoms with Gasteiger partial charge in [0.2, 0.25) is 0 Å². The maximum atomic E-state index is 5.77. The van der Waals surface area contributed by atoms with E-state index in [1.807, 2.05) is 6.07 Å². The summed E-state index contributed by atoms with van der Waals surface area (Å²) in [6.07, 6.45) is 1.99. The van der Waals surface area contributed by atoms with Gasteiger partial charge >= 0.3 is 0 Å². The second-order valence-electron chi connectivity index (χ2n) is 5.28. The van der Waals surface area contributed by atoms with Crippen molar-refractivity contribution >= 4 is 15.9 Å². The average Bonchev–Trinajstić information content (AvgIpc) is 2.70. The summed E-state index contributed by atoms with van der Waals surface area (Å²) in [4.78, 5) is 2.51. The minimum Gasteiger partial charge on any atom is -0.490 e. The summed E-state index contributed by atoms with van der Waals surface area (Å²) < 4.78 is 12.6. The van der Waals surface area contributed by atoms with Crippen molar-refractivity contribution in [1.82, 2.24) is 10.2 Å². The maximum absolute atomic E-state index is 5.77. The number of fused-ring (bicyclic) bond motifs is 1. The van der Waals surface area contributed by atoms with Crippen LogP contribution in [0.1, 0.15) is 12.0 Å². The Morgan fingerprint density at radius 1 is 1.10 bits per heavy atom. The Kier molecular flexibility index (Phi) is 4.81. The van der Waals surface area contributed by atoms with Crippen LogP contribution in [0.15, 0.2) is 16.6 Å². The van der Waals surface area contributed by atoms with Gasteiger partial charge in [-0.3, -0.25) is 0 Å². The van der Waals surface area contributed by atoms with Crippen molar-refractivity contribution in [2.75, 3.05) is 45.9 Å². The van der Waals surface area contributed by atoms with Crippen LogP contribution in [0.2, 0.25) is 0 Å². The van der Waals surface area contributed by atoms with Gasteiger partial charge in [-0.25, -0.2) is 0 Å². The number of hydrogen-bond acceptors (Lipinski definition) is 4. The Labute approximate surface area is 128 Å². The summed E-state index contributed by atoms with van der Waals surface area (Å²) in [5, 5.41) is 3.38. The minimum atomic E-state index is 0.736. The molecule has 110 valence electrons. The van der Waals surface area contributed by atoms with Crippen LogP contribution >= 0.6 is 15.9 Å². The third kappa shape index (κ3) is 3.45. The normalized spacial score (nSPS) is 19.6. The van der Waals surface area contributed by atoms with Gasteiger partial charge in [-0.2, -0.15) is 0 Å². The molecule has 5 heteroatoms. The Morgan fingerprint density at radius 2 is 1.80 bits per heavy atom. The second-order valence-corrected chi connectivity index (χ2v) is 6.14. The number of piperazine rings is 1. The minimum absolute atomic E-state index is 0.736. The van der Waals surface area contributed by atoms with E-state index in [2.05, 4.69) is 32.2 Å². The second kappa shape index (κ2) is 6.78. The standard InChI is InChI=1S/C15H21BrN2O2/c16-13-11-15-14(19-8-1-9-20-15)10-12(13)2-5-18-6-3-17-4-7-18/h10-11,17H,1-9H2. The van der Waals surface area contributed by atoms with Crippen molar-refractivity contribution in [2.24, 2.45) is 0 Å². The average molecular weight is 341 g/mol. The molecule has 1 fully saturated rings. The molecule has 0 aliphatic carbocycles. The molecule has 0 unspecified atom stereocenters. The zero-order valence-corrected chi connectivity index (χ0v) is 13.2. The van der Waals surface area contributed by atoms with E-state index >= 15 is 0 Å². The number of hydrogen-bond donors (Lipinski definition) is 1. The van der Waals surface area contributed by atoms with Gasteiger partial charge in [-0.1, -0.05) is 15.9 Å². The first-order chi connectivity index (χ1) is 9.83. The zero-order valence-electron chi connectivity index (χ0n) is 11.7. The lowest BCUT2D eigenvalue weighted by Crippen LogP contribution is -2.44. The zero-order chi connectivity index (χ0) is 13.8. The number of ether oxygens (including phenoxy) is 2. The number of nitrogens with zero attached hydrogens (tertiary/aromatic N) is 1. The van der Waals surface area contributed by atoms with Crippen LogP contribution in [0.5, 0.6) is 11.5 Å². The first kappa shape index (κ1) is 14.2. The molecule has 0 atom stereocenters. The van der Waals surface area contributed by atoms with Gasteiger partial charge < -0.3 is 19.7 Å². The van der Waals surface area contributed by atoms with Gasteiger partial charge in [-0.15, -0.1) is 0 Å². The number of benzene rings is 1. The van der Waals surface area contributed by atoms with Crippen LogP contribution in [0.3, 0.4) is 0 Å². The van der Waals surface area contributed by atoms with Crippen molar-refractivity contribution < 1.29 is 9.47 Å². The summed E-state index contributed by atoms with van der Waals surface area (Å²) in [6.45, 7) is 7.06. The predicted octanol–water partition coefficient (Wildman–Crippen LogP) is 2.06. The van der Waals surface area contributed by atoms with Gasteiger partial charge in [-0.05, 0) is 24.1 Å². The fourth-order valence-corrected chi connectivity index (χ4v) is 3.15. The van der Waals surface area contributed by atoms with Crippen LogP contribution in [0.25, 0.3) is 0 Å². The molecule has 2 aliphatic rings. The lowest BCUT2D eigenvalue weighted by atomic mass is 10.1. The Morgan fingerprint density at radius 3 is 2.55 bits per heavy atom. The van der Waals surface area contributed by atoms with Crippen LogP contribution in [0, 0.1) is 0 Å². The highest BCUT2D eigenvalue weighted by Crippen LogP contribution is 2.35. The van der Waals surface area contributed by atoms with Gasteiger partial charge in [0.05, 0.1) is 13.2 Å². The number of rotatable bonds is 3. The van der Waals surface area contributed by atoms with E-state index in [-0.39, 0.29) is 0 Å². The first-order valence-electron chi connectivity index (χ1n) is 7.34. The molecule has 1 aromatic rings. The molecule has 1 saturated heterocycles. The smallest absolute Gasteiger partial charge is 0.162 e. The molecule has 0 radical (unpaired) electrons. The molecule has 0 amide bonds. The lowest BCUT2D eigenvalue weighted by Gasteiger charge is -2.27. The van der Waals surface area contributed by atoms with Crippen molar-refractivity contribution in [1.29, 1.82) is 0 Å². The fourth-order valence-electron chi connectivity index (χ4n) is 2.63. The number of halogens is 1. The molecule has 2 aliphatic heterocycles. The maximum Gasteiger partial charge on any atom is 0.162 e. The molecule has 0 spiro atoms. The number of nitrogens with one attached hydrogen (secondary N) is 1. The Bertz CT molecular complexity index is 461. The summed E-state index contributed by atoms with van der Waals surface area (Å²) in [6, 6.07) is 4.18. The van der Waals surface area contributed by atoms with Crippen molar-refractivity contribution in [3.63, 3.8) is 0 Å². The quantitative estimate of drug-likeness (QED) is 0.913. The van der Waals surface area contributed by atoms with Crippen molar-refractivity contribution in [2.45, 2.75) is 12.8 Å². The van der Waals surface area contributed by atoms with Crippen LogP contribution < -0.4 is 14.8 Å². The van der Waals surface area contributed by atoms with Crippen molar-refractivity contribution in [3.8, 4) is 11.5 Å². The van der Waals surface area contributed by atoms with E-state index < -0.39 is 0 Å². The molecule has 1 N–H and O–H groups in total. The third-order valence-corrected chi connectivity index (χ3v) is 4.56. The summed E-state index contributed by atoms with van der Waals surface area (Å²) in [5.41, 5.74) is 1.30. The molecule has 1 aromatic carbocycles. The fraction of sp³-hybridized carbons (Fsp3) is 0.600. The van der Waals surface area contributed by atoms with Gasteiger partial charge in [0.25, 0.3) is 0 Å². The third-order valence-electron chi connectivity index (χ3n) is 3.82. The largest absolute Gasteiger partial charge is 0.490 e. The Balaban J connectivity index is 1.67. The SMILES string of the molecule is Brc1cc2c(cc1CCN1CCNCC1)OCCCO2. The van der Waals surface area contributed by atoms with Gasteiger partial charge in [0.1, 0.15) is 0 Å². The highest BCUT2D eigenvalue weighted by molar-refractivity contribution is 9.10. The molecular weight excluding hydrogens is 320 g/mol. The van der Waals surface area contributed by atoms with Crippen LogP contribution in [0.4, 0.5) is 0 Å².